The van der Waals surface area contributed by atoms with Crippen LogP contribution in [0.5, 0.6) is 0 Å². The number of hydrogen-bond acceptors (Lipinski definition) is 4. The van der Waals surface area contributed by atoms with Gasteiger partial charge in [0.15, 0.2) is 0 Å². The molecule has 0 saturated carbocycles. The molecule has 31 heavy (non-hydrogen) atoms. The third kappa shape index (κ3) is 5.54. The number of carbonyl (C=O) groups excluding carboxylic acids is 4. The Hall–Kier alpha value is -4.46. The second-order valence-electron chi connectivity index (χ2n) is 6.72. The van der Waals surface area contributed by atoms with Gasteiger partial charge in [-0.05, 0) is 66.2 Å². The summed E-state index contributed by atoms with van der Waals surface area (Å²) in [5.41, 5.74) is 13.1. The van der Waals surface area contributed by atoms with E-state index in [-0.39, 0.29) is 18.4 Å². The molecule has 0 bridgehead atoms. The topological polar surface area (TPSA) is 144 Å². The minimum atomic E-state index is -0.564. The minimum Gasteiger partial charge on any atom is -0.366 e. The van der Waals surface area contributed by atoms with Gasteiger partial charge in [-0.2, -0.15) is 0 Å². The molecule has 0 aliphatic rings. The van der Waals surface area contributed by atoms with Crippen LogP contribution in [0.1, 0.15) is 47.0 Å². The van der Waals surface area contributed by atoms with Gasteiger partial charge >= 0.3 is 0 Å². The minimum absolute atomic E-state index is 0.243. The number of rotatable bonds is 7. The predicted octanol–water partition coefficient (Wildman–Crippen LogP) is 2.07. The highest BCUT2D eigenvalue weighted by atomic mass is 16.2. The summed E-state index contributed by atoms with van der Waals surface area (Å²) in [7, 11) is 0. The third-order valence-electron chi connectivity index (χ3n) is 4.50. The van der Waals surface area contributed by atoms with Gasteiger partial charge in [0.05, 0.1) is 0 Å². The maximum Gasteiger partial charge on any atom is 0.255 e. The molecular weight excluding hydrogens is 396 g/mol. The van der Waals surface area contributed by atoms with E-state index in [0.717, 1.165) is 5.56 Å². The van der Waals surface area contributed by atoms with Gasteiger partial charge in [-0.25, -0.2) is 0 Å². The molecule has 6 N–H and O–H groups in total. The fourth-order valence-electron chi connectivity index (χ4n) is 2.82. The van der Waals surface area contributed by atoms with Gasteiger partial charge in [0.1, 0.15) is 0 Å². The lowest BCUT2D eigenvalue weighted by Crippen LogP contribution is -2.23. The molecule has 0 spiro atoms. The van der Waals surface area contributed by atoms with Crippen LogP contribution < -0.4 is 22.1 Å². The average Bonchev–Trinajstić information content (AvgIpc) is 2.77. The molecule has 0 unspecified atom stereocenters. The van der Waals surface area contributed by atoms with E-state index in [1.807, 2.05) is 6.07 Å². The van der Waals surface area contributed by atoms with E-state index < -0.39 is 11.8 Å². The largest absolute Gasteiger partial charge is 0.366 e. The van der Waals surface area contributed by atoms with Crippen molar-refractivity contribution in [1.29, 1.82) is 0 Å². The summed E-state index contributed by atoms with van der Waals surface area (Å²) >= 11 is 0. The van der Waals surface area contributed by atoms with Crippen molar-refractivity contribution in [1.82, 2.24) is 5.32 Å². The second kappa shape index (κ2) is 9.36. The normalized spacial score (nSPS) is 10.2. The summed E-state index contributed by atoms with van der Waals surface area (Å²) in [4.78, 5) is 46.9. The Kier molecular flexibility index (Phi) is 6.42. The molecule has 0 radical (unpaired) electrons. The summed E-state index contributed by atoms with van der Waals surface area (Å²) in [6, 6.07) is 19.1. The molecule has 0 saturated heterocycles. The van der Waals surface area contributed by atoms with E-state index in [1.54, 1.807) is 18.2 Å². The van der Waals surface area contributed by atoms with Crippen LogP contribution in [0.3, 0.4) is 0 Å². The Bertz CT molecular complexity index is 1140. The summed E-state index contributed by atoms with van der Waals surface area (Å²) in [5, 5.41) is 5.55. The maximum absolute atomic E-state index is 12.4. The highest BCUT2D eigenvalue weighted by Gasteiger charge is 2.09. The van der Waals surface area contributed by atoms with E-state index in [0.29, 0.717) is 27.9 Å². The number of nitrogens with two attached hydrogens (primary N) is 2. The molecule has 3 aromatic carbocycles. The van der Waals surface area contributed by atoms with Crippen molar-refractivity contribution < 1.29 is 19.2 Å². The Labute approximate surface area is 178 Å². The van der Waals surface area contributed by atoms with Gasteiger partial charge in [-0.3, -0.25) is 19.2 Å². The molecule has 8 nitrogen and oxygen atoms in total. The first-order valence-electron chi connectivity index (χ1n) is 9.32. The van der Waals surface area contributed by atoms with Crippen LogP contribution in [0.4, 0.5) is 5.69 Å². The first-order valence-corrected chi connectivity index (χ1v) is 9.32. The van der Waals surface area contributed by atoms with Crippen molar-refractivity contribution >= 4 is 29.3 Å². The summed E-state index contributed by atoms with van der Waals surface area (Å²) in [6.45, 7) is 0.243. The molecule has 0 fully saturated rings. The number of primary amides is 2. The molecular formula is C23H20N4O4. The fraction of sp³-hybridized carbons (Fsp3) is 0.0435. The van der Waals surface area contributed by atoms with E-state index in [4.69, 9.17) is 11.5 Å². The first kappa shape index (κ1) is 21.3. The molecule has 8 heteroatoms. The van der Waals surface area contributed by atoms with Crippen LogP contribution in [0, 0.1) is 0 Å². The lowest BCUT2D eigenvalue weighted by atomic mass is 10.1. The molecule has 3 rings (SSSR count). The van der Waals surface area contributed by atoms with Gasteiger partial charge in [0, 0.05) is 34.5 Å². The SMILES string of the molecule is NC(=O)c1ccc(C(=O)NCc2cccc(NC(=O)c3ccc(C(N)=O)cc3)c2)cc1. The summed E-state index contributed by atoms with van der Waals surface area (Å²) < 4.78 is 0. The third-order valence-corrected chi connectivity index (χ3v) is 4.50. The highest BCUT2D eigenvalue weighted by Crippen LogP contribution is 2.13. The van der Waals surface area contributed by atoms with Crippen LogP contribution in [-0.4, -0.2) is 23.6 Å². The zero-order chi connectivity index (χ0) is 22.4. The number of benzene rings is 3. The van der Waals surface area contributed by atoms with Gasteiger partial charge < -0.3 is 22.1 Å². The number of amides is 4. The predicted molar refractivity (Wildman–Crippen MR) is 115 cm³/mol. The number of anilines is 1. The van der Waals surface area contributed by atoms with Crippen molar-refractivity contribution in [3.05, 3.63) is 101 Å². The number of carbonyl (C=O) groups is 4. The molecule has 0 aliphatic heterocycles. The van der Waals surface area contributed by atoms with Gasteiger partial charge in [-0.1, -0.05) is 12.1 Å². The van der Waals surface area contributed by atoms with Crippen molar-refractivity contribution in [3.8, 4) is 0 Å². The molecule has 0 atom stereocenters. The number of hydrogen-bond donors (Lipinski definition) is 4. The van der Waals surface area contributed by atoms with Crippen LogP contribution in [-0.2, 0) is 6.54 Å². The van der Waals surface area contributed by atoms with E-state index in [9.17, 15) is 19.2 Å². The molecule has 0 heterocycles. The van der Waals surface area contributed by atoms with Crippen LogP contribution in [0.2, 0.25) is 0 Å². The maximum atomic E-state index is 12.4. The lowest BCUT2D eigenvalue weighted by molar-refractivity contribution is 0.0947. The molecule has 156 valence electrons. The van der Waals surface area contributed by atoms with Gasteiger partial charge in [0.25, 0.3) is 11.8 Å². The second-order valence-corrected chi connectivity index (χ2v) is 6.72. The van der Waals surface area contributed by atoms with Gasteiger partial charge in [0.2, 0.25) is 11.8 Å². The Morgan fingerprint density at radius 1 is 0.645 bits per heavy atom. The monoisotopic (exact) mass is 416 g/mol. The van der Waals surface area contributed by atoms with Gasteiger partial charge in [-0.15, -0.1) is 0 Å². The smallest absolute Gasteiger partial charge is 0.255 e. The zero-order valence-electron chi connectivity index (χ0n) is 16.4. The van der Waals surface area contributed by atoms with Crippen molar-refractivity contribution in [2.24, 2.45) is 11.5 Å². The van der Waals surface area contributed by atoms with Crippen molar-refractivity contribution in [2.45, 2.75) is 6.54 Å². The number of nitrogens with one attached hydrogen (secondary N) is 2. The zero-order valence-corrected chi connectivity index (χ0v) is 16.4. The van der Waals surface area contributed by atoms with Crippen LogP contribution in [0.25, 0.3) is 0 Å². The Morgan fingerprint density at radius 3 is 1.65 bits per heavy atom. The molecule has 0 aromatic heterocycles. The Morgan fingerprint density at radius 2 is 1.13 bits per heavy atom. The lowest BCUT2D eigenvalue weighted by Gasteiger charge is -2.09. The van der Waals surface area contributed by atoms with E-state index in [1.165, 1.54) is 48.5 Å². The van der Waals surface area contributed by atoms with E-state index >= 15 is 0 Å². The molecule has 4 amide bonds. The Balaban J connectivity index is 1.60. The molecule has 0 aliphatic carbocycles. The highest BCUT2D eigenvalue weighted by molar-refractivity contribution is 6.05. The summed E-state index contributed by atoms with van der Waals surface area (Å²) in [5.74, 6) is -1.77. The summed E-state index contributed by atoms with van der Waals surface area (Å²) in [6.07, 6.45) is 0. The van der Waals surface area contributed by atoms with Crippen LogP contribution >= 0.6 is 0 Å². The quantitative estimate of drug-likeness (QED) is 0.467. The van der Waals surface area contributed by atoms with Crippen LogP contribution in [0.15, 0.2) is 72.8 Å². The first-order chi connectivity index (χ1) is 14.8. The van der Waals surface area contributed by atoms with Crippen molar-refractivity contribution in [2.75, 3.05) is 5.32 Å². The van der Waals surface area contributed by atoms with E-state index in [2.05, 4.69) is 10.6 Å². The van der Waals surface area contributed by atoms with Crippen molar-refractivity contribution in [3.63, 3.8) is 0 Å². The standard InChI is InChI=1S/C23H20N4O4/c24-20(28)15-4-8-17(9-5-15)22(30)26-13-14-2-1-3-19(12-14)27-23(31)18-10-6-16(7-11-18)21(25)29/h1-12H,13H2,(H2,24,28)(H2,25,29)(H,26,30)(H,27,31). The molecule has 3 aromatic rings. The fourth-order valence-corrected chi connectivity index (χ4v) is 2.82. The average molecular weight is 416 g/mol.